The highest BCUT2D eigenvalue weighted by atomic mass is 32.2. The monoisotopic (exact) mass is 561 g/mol. The van der Waals surface area contributed by atoms with Gasteiger partial charge in [-0.3, -0.25) is 9.71 Å². The van der Waals surface area contributed by atoms with Gasteiger partial charge in [0, 0.05) is 35.0 Å². The summed E-state index contributed by atoms with van der Waals surface area (Å²) in [4.78, 5) is 6.72. The molecule has 202 valence electrons. The Morgan fingerprint density at radius 1 is 1.03 bits per heavy atom. The van der Waals surface area contributed by atoms with Crippen molar-refractivity contribution < 1.29 is 13.2 Å². The van der Waals surface area contributed by atoms with Gasteiger partial charge in [0.1, 0.15) is 5.75 Å². The third-order valence-electron chi connectivity index (χ3n) is 7.00. The summed E-state index contributed by atoms with van der Waals surface area (Å²) in [6.45, 7) is 6.35. The summed E-state index contributed by atoms with van der Waals surface area (Å²) in [6.07, 6.45) is 2.89. The summed E-state index contributed by atoms with van der Waals surface area (Å²) < 4.78 is 34.1. The second-order valence-corrected chi connectivity index (χ2v) is 11.8. The molecule has 2 N–H and O–H groups in total. The minimum Gasteiger partial charge on any atom is -0.494 e. The van der Waals surface area contributed by atoms with Crippen molar-refractivity contribution in [2.75, 3.05) is 23.0 Å². The van der Waals surface area contributed by atoms with Crippen molar-refractivity contribution in [2.45, 2.75) is 32.9 Å². The van der Waals surface area contributed by atoms with E-state index >= 15 is 0 Å². The molecule has 39 heavy (non-hydrogen) atoms. The average molecular weight is 562 g/mol. The molecule has 0 unspecified atom stereocenters. The molecule has 0 amide bonds. The number of hydrogen-bond acceptors (Lipinski definition) is 5. The molecule has 0 saturated carbocycles. The molecule has 1 saturated heterocycles. The van der Waals surface area contributed by atoms with Crippen molar-refractivity contribution in [1.82, 2.24) is 14.9 Å². The predicted molar refractivity (Wildman–Crippen MR) is 159 cm³/mol. The summed E-state index contributed by atoms with van der Waals surface area (Å²) in [7, 11) is -1.97. The van der Waals surface area contributed by atoms with Crippen molar-refractivity contribution in [2.24, 2.45) is 0 Å². The van der Waals surface area contributed by atoms with Gasteiger partial charge in [-0.1, -0.05) is 24.3 Å². The Bertz CT molecular complexity index is 1650. The lowest BCUT2D eigenvalue weighted by Crippen LogP contribution is -2.29. The van der Waals surface area contributed by atoms with Crippen LogP contribution in [0.15, 0.2) is 72.9 Å². The van der Waals surface area contributed by atoms with E-state index in [0.29, 0.717) is 16.5 Å². The fourth-order valence-electron chi connectivity index (χ4n) is 5.33. The quantitative estimate of drug-likeness (QED) is 0.294. The number of para-hydroxylation sites is 1. The number of benzene rings is 2. The number of sulfonamides is 1. The van der Waals surface area contributed by atoms with E-state index in [2.05, 4.69) is 69.5 Å². The minimum atomic E-state index is -3.48. The smallest absolute Gasteiger partial charge is 0.229 e. The first kappa shape index (κ1) is 26.7. The zero-order valence-electron chi connectivity index (χ0n) is 22.5. The fourth-order valence-corrected chi connectivity index (χ4v) is 6.25. The van der Waals surface area contributed by atoms with Crippen LogP contribution in [0.4, 0.5) is 11.4 Å². The molecule has 1 fully saturated rings. The number of hydrogen-bond donors (Lipinski definition) is 2. The molecular weight excluding hydrogens is 530 g/mol. The van der Waals surface area contributed by atoms with E-state index in [1.165, 1.54) is 12.7 Å². The maximum Gasteiger partial charge on any atom is 0.229 e. The SMILES string of the molecule is COc1cc(N2C(=S)N[C@H](c3ccccn3)[C@@H]2c2cc(C)n(-c3ccccc3C)c2C)ccc1NS(C)(=O)=O. The normalized spacial score (nSPS) is 17.3. The summed E-state index contributed by atoms with van der Waals surface area (Å²) in [5, 5.41) is 4.04. The van der Waals surface area contributed by atoms with E-state index in [1.807, 2.05) is 30.3 Å². The summed E-state index contributed by atoms with van der Waals surface area (Å²) in [5.41, 5.74) is 7.64. The number of rotatable bonds is 7. The molecule has 1 aliphatic heterocycles. The number of thiocarbonyl (C=S) groups is 1. The van der Waals surface area contributed by atoms with Crippen molar-refractivity contribution >= 4 is 38.7 Å². The van der Waals surface area contributed by atoms with Crippen LogP contribution in [-0.4, -0.2) is 36.4 Å². The summed E-state index contributed by atoms with van der Waals surface area (Å²) >= 11 is 5.90. The van der Waals surface area contributed by atoms with Crippen LogP contribution in [0.2, 0.25) is 0 Å². The molecule has 2 aromatic heterocycles. The molecule has 0 aliphatic carbocycles. The predicted octanol–water partition coefficient (Wildman–Crippen LogP) is 5.35. The third-order valence-corrected chi connectivity index (χ3v) is 7.91. The molecule has 10 heteroatoms. The molecule has 0 radical (unpaired) electrons. The van der Waals surface area contributed by atoms with E-state index in [0.717, 1.165) is 40.3 Å². The first-order valence-electron chi connectivity index (χ1n) is 12.5. The largest absolute Gasteiger partial charge is 0.494 e. The number of aryl methyl sites for hydroxylation is 2. The van der Waals surface area contributed by atoms with Gasteiger partial charge in [-0.05, 0) is 80.5 Å². The van der Waals surface area contributed by atoms with Crippen molar-refractivity contribution in [1.29, 1.82) is 0 Å². The van der Waals surface area contributed by atoms with Gasteiger partial charge in [0.05, 0.1) is 36.8 Å². The first-order valence-corrected chi connectivity index (χ1v) is 14.8. The Morgan fingerprint density at radius 2 is 1.77 bits per heavy atom. The van der Waals surface area contributed by atoms with Gasteiger partial charge in [-0.25, -0.2) is 8.42 Å². The van der Waals surface area contributed by atoms with Crippen LogP contribution < -0.4 is 19.7 Å². The zero-order valence-corrected chi connectivity index (χ0v) is 24.1. The summed E-state index contributed by atoms with van der Waals surface area (Å²) in [6, 6.07) is 21.3. The average Bonchev–Trinajstić information content (AvgIpc) is 3.39. The first-order chi connectivity index (χ1) is 18.6. The van der Waals surface area contributed by atoms with Crippen LogP contribution in [0.5, 0.6) is 5.75 Å². The minimum absolute atomic E-state index is 0.218. The topological polar surface area (TPSA) is 88.5 Å². The number of anilines is 2. The van der Waals surface area contributed by atoms with Gasteiger partial charge in [0.2, 0.25) is 10.0 Å². The maximum atomic E-state index is 11.9. The van der Waals surface area contributed by atoms with E-state index in [4.69, 9.17) is 17.0 Å². The van der Waals surface area contributed by atoms with Gasteiger partial charge in [0.15, 0.2) is 5.11 Å². The van der Waals surface area contributed by atoms with Gasteiger partial charge in [-0.2, -0.15) is 0 Å². The van der Waals surface area contributed by atoms with E-state index in [9.17, 15) is 8.42 Å². The fraction of sp³-hybridized carbons (Fsp3) is 0.241. The highest BCUT2D eigenvalue weighted by Gasteiger charge is 2.42. The molecule has 5 rings (SSSR count). The van der Waals surface area contributed by atoms with Crippen LogP contribution >= 0.6 is 12.2 Å². The second-order valence-electron chi connectivity index (χ2n) is 9.70. The lowest BCUT2D eigenvalue weighted by Gasteiger charge is -2.29. The molecule has 0 spiro atoms. The molecule has 1 aliphatic rings. The number of nitrogens with zero attached hydrogens (tertiary/aromatic N) is 3. The molecule has 8 nitrogen and oxygen atoms in total. The van der Waals surface area contributed by atoms with Crippen LogP contribution in [0.25, 0.3) is 5.69 Å². The van der Waals surface area contributed by atoms with Crippen molar-refractivity contribution in [3.8, 4) is 11.4 Å². The lowest BCUT2D eigenvalue weighted by molar-refractivity contribution is 0.417. The number of nitrogens with one attached hydrogen (secondary N) is 2. The molecule has 3 heterocycles. The summed E-state index contributed by atoms with van der Waals surface area (Å²) in [5.74, 6) is 0.395. The van der Waals surface area contributed by atoms with Crippen molar-refractivity contribution in [3.05, 3.63) is 101 Å². The van der Waals surface area contributed by atoms with Crippen LogP contribution in [0.3, 0.4) is 0 Å². The Morgan fingerprint density at radius 3 is 2.44 bits per heavy atom. The van der Waals surface area contributed by atoms with Gasteiger partial charge in [0.25, 0.3) is 0 Å². The Labute approximate surface area is 234 Å². The van der Waals surface area contributed by atoms with Gasteiger partial charge in [-0.15, -0.1) is 0 Å². The van der Waals surface area contributed by atoms with Crippen LogP contribution in [0, 0.1) is 20.8 Å². The van der Waals surface area contributed by atoms with Gasteiger partial charge >= 0.3 is 0 Å². The van der Waals surface area contributed by atoms with Crippen molar-refractivity contribution in [3.63, 3.8) is 0 Å². The van der Waals surface area contributed by atoms with Gasteiger partial charge < -0.3 is 19.5 Å². The number of methoxy groups -OCH3 is 1. The lowest BCUT2D eigenvalue weighted by atomic mass is 9.96. The molecule has 2 atom stereocenters. The van der Waals surface area contributed by atoms with Crippen LogP contribution in [-0.2, 0) is 10.0 Å². The number of pyridine rings is 1. The number of ether oxygens (including phenoxy) is 1. The van der Waals surface area contributed by atoms with Crippen LogP contribution in [0.1, 0.15) is 40.3 Å². The third kappa shape index (κ3) is 5.09. The van der Waals surface area contributed by atoms with E-state index in [-0.39, 0.29) is 12.1 Å². The molecule has 2 aromatic carbocycles. The Balaban J connectivity index is 1.67. The maximum absolute atomic E-state index is 11.9. The molecular formula is C29H31N5O3S2. The molecule has 4 aromatic rings. The highest BCUT2D eigenvalue weighted by Crippen LogP contribution is 2.45. The highest BCUT2D eigenvalue weighted by molar-refractivity contribution is 7.92. The zero-order chi connectivity index (χ0) is 27.9. The second kappa shape index (κ2) is 10.3. The Hall–Kier alpha value is -3.89. The standard InChI is InChI=1S/C29H31N5O3S2/c1-18-10-6-7-12-25(18)33-19(2)16-22(20(33)3)28-27(24-11-8-9-15-30-24)31-29(38)34(28)21-13-14-23(26(17-21)37-4)32-39(5,35)36/h6-17,27-28,32H,1-5H3,(H,31,38)/t27-,28+/m1/s1. The molecule has 0 bridgehead atoms. The Kier molecular flexibility index (Phi) is 7.09. The van der Waals surface area contributed by atoms with E-state index < -0.39 is 10.0 Å². The number of aromatic nitrogens is 2. The van der Waals surface area contributed by atoms with E-state index in [1.54, 1.807) is 18.3 Å².